The molecule has 1 aliphatic carbocycles. The highest BCUT2D eigenvalue weighted by Gasteiger charge is 2.40. The summed E-state index contributed by atoms with van der Waals surface area (Å²) in [5, 5.41) is -0.0127. The van der Waals surface area contributed by atoms with Crippen molar-refractivity contribution >= 4 is 26.7 Å². The zero-order valence-electron chi connectivity index (χ0n) is 18.0. The molecule has 0 spiro atoms. The summed E-state index contributed by atoms with van der Waals surface area (Å²) < 4.78 is 61.1. The van der Waals surface area contributed by atoms with Crippen molar-refractivity contribution in [1.29, 1.82) is 0 Å². The average Bonchev–Trinajstić information content (AvgIpc) is 3.27. The Hall–Kier alpha value is -2.17. The minimum Gasteiger partial charge on any atom is -0.293 e. The fourth-order valence-corrected chi connectivity index (χ4v) is 6.49. The van der Waals surface area contributed by atoms with E-state index >= 15 is 4.39 Å². The first-order valence-electron chi connectivity index (χ1n) is 10.6. The van der Waals surface area contributed by atoms with Gasteiger partial charge in [-0.25, -0.2) is 22.2 Å². The monoisotopic (exact) mass is 480 g/mol. The number of piperidine rings is 1. The van der Waals surface area contributed by atoms with Crippen LogP contribution in [-0.2, 0) is 10.0 Å². The quantitative estimate of drug-likeness (QED) is 0.626. The number of halogens is 2. The van der Waals surface area contributed by atoms with Crippen molar-refractivity contribution < 1.29 is 17.2 Å². The molecular formula is C22H26F2N4O2S2. The zero-order valence-corrected chi connectivity index (χ0v) is 19.6. The van der Waals surface area contributed by atoms with Gasteiger partial charge in [0, 0.05) is 34.6 Å². The summed E-state index contributed by atoms with van der Waals surface area (Å²) in [7, 11) is -4.33. The van der Waals surface area contributed by atoms with E-state index in [9.17, 15) is 12.8 Å². The van der Waals surface area contributed by atoms with Crippen LogP contribution in [0.25, 0.3) is 0 Å². The first-order chi connectivity index (χ1) is 15.2. The molecule has 1 N–H and O–H groups in total. The summed E-state index contributed by atoms with van der Waals surface area (Å²) in [6.45, 7) is 4.84. The number of nitrogens with zero attached hydrogens (tertiary/aromatic N) is 3. The van der Waals surface area contributed by atoms with Gasteiger partial charge in [0.1, 0.15) is 22.9 Å². The molecule has 32 heavy (non-hydrogen) atoms. The number of nitrogens with one attached hydrogen (secondary N) is 1. The standard InChI is InChI=1S/C22H26F2N4O2S2/c1-15(28-11-7-4-8-20(28)22(2)9-5-3-6-10-22)16-12-18(24)19(13-17(16)23)32(29,30)27-21-25-14-26-31-21/h3,5-6,9,12-15,20H,4,7-8,10-11H2,1-2H3,(H,25,26,27)/t15-,20-,22?/m1/s1. The maximum Gasteiger partial charge on any atom is 0.266 e. The van der Waals surface area contributed by atoms with Crippen LogP contribution in [0, 0.1) is 17.0 Å². The van der Waals surface area contributed by atoms with Crippen LogP contribution < -0.4 is 4.72 Å². The van der Waals surface area contributed by atoms with Crippen molar-refractivity contribution in [2.75, 3.05) is 11.3 Å². The second-order valence-electron chi connectivity index (χ2n) is 8.58. The topological polar surface area (TPSA) is 75.2 Å². The molecule has 1 aromatic carbocycles. The summed E-state index contributed by atoms with van der Waals surface area (Å²) >= 11 is 0.810. The molecule has 0 saturated carbocycles. The lowest BCUT2D eigenvalue weighted by molar-refractivity contribution is 0.0367. The number of anilines is 1. The lowest BCUT2D eigenvalue weighted by Gasteiger charge is -2.48. The van der Waals surface area contributed by atoms with Crippen LogP contribution in [0.2, 0.25) is 0 Å². The number of hydrogen-bond donors (Lipinski definition) is 1. The van der Waals surface area contributed by atoms with Gasteiger partial charge in [-0.3, -0.25) is 9.62 Å². The third-order valence-electron chi connectivity index (χ3n) is 6.46. The molecule has 1 aliphatic heterocycles. The Labute approximate surface area is 191 Å². The Balaban J connectivity index is 1.63. The highest BCUT2D eigenvalue weighted by atomic mass is 32.2. The Bertz CT molecular complexity index is 1140. The number of hydrogen-bond acceptors (Lipinski definition) is 6. The molecule has 2 aromatic rings. The smallest absolute Gasteiger partial charge is 0.266 e. The third-order valence-corrected chi connectivity index (χ3v) is 8.52. The Kier molecular flexibility index (Phi) is 6.46. The van der Waals surface area contributed by atoms with E-state index in [0.29, 0.717) is 0 Å². The van der Waals surface area contributed by atoms with Crippen LogP contribution in [-0.4, -0.2) is 35.3 Å². The van der Waals surface area contributed by atoms with Crippen LogP contribution in [0.1, 0.15) is 51.1 Å². The normalized spacial score (nSPS) is 25.1. The maximum absolute atomic E-state index is 15.2. The van der Waals surface area contributed by atoms with Gasteiger partial charge >= 0.3 is 0 Å². The highest BCUT2D eigenvalue weighted by molar-refractivity contribution is 7.93. The molecule has 2 heterocycles. The van der Waals surface area contributed by atoms with E-state index in [2.05, 4.69) is 38.1 Å². The average molecular weight is 481 g/mol. The molecule has 3 atom stereocenters. The van der Waals surface area contributed by atoms with Crippen LogP contribution >= 0.6 is 11.5 Å². The summed E-state index contributed by atoms with van der Waals surface area (Å²) in [5.41, 5.74) is 0.0659. The summed E-state index contributed by atoms with van der Waals surface area (Å²) in [4.78, 5) is 5.22. The third kappa shape index (κ3) is 4.49. The van der Waals surface area contributed by atoms with Crippen molar-refractivity contribution in [2.24, 2.45) is 5.41 Å². The zero-order chi connectivity index (χ0) is 22.9. The van der Waals surface area contributed by atoms with Gasteiger partial charge in [0.2, 0.25) is 5.13 Å². The number of benzene rings is 1. The first-order valence-corrected chi connectivity index (χ1v) is 12.9. The van der Waals surface area contributed by atoms with Crippen molar-refractivity contribution in [3.63, 3.8) is 0 Å². The first kappa shape index (κ1) is 23.0. The molecule has 1 aromatic heterocycles. The summed E-state index contributed by atoms with van der Waals surface area (Å²) in [6.07, 6.45) is 13.5. The van der Waals surface area contributed by atoms with E-state index in [1.807, 2.05) is 19.1 Å². The number of rotatable bonds is 6. The van der Waals surface area contributed by atoms with E-state index in [1.54, 1.807) is 0 Å². The number of allylic oxidation sites excluding steroid dienone is 3. The minimum absolute atomic E-state index is 0.0127. The van der Waals surface area contributed by atoms with Crippen molar-refractivity contribution in [3.05, 3.63) is 60.0 Å². The van der Waals surface area contributed by atoms with Crippen molar-refractivity contribution in [1.82, 2.24) is 14.3 Å². The molecule has 0 amide bonds. The van der Waals surface area contributed by atoms with Gasteiger partial charge in [-0.1, -0.05) is 37.6 Å². The van der Waals surface area contributed by atoms with Crippen LogP contribution in [0.15, 0.2) is 47.7 Å². The van der Waals surface area contributed by atoms with Crippen molar-refractivity contribution in [3.8, 4) is 0 Å². The molecule has 172 valence electrons. The Morgan fingerprint density at radius 3 is 2.75 bits per heavy atom. The van der Waals surface area contributed by atoms with Crippen LogP contribution in [0.5, 0.6) is 0 Å². The predicted octanol–water partition coefficient (Wildman–Crippen LogP) is 5.06. The maximum atomic E-state index is 15.2. The van der Waals surface area contributed by atoms with Gasteiger partial charge in [-0.05, 0) is 44.9 Å². The Morgan fingerprint density at radius 2 is 2.06 bits per heavy atom. The largest absolute Gasteiger partial charge is 0.293 e. The van der Waals surface area contributed by atoms with E-state index in [1.165, 1.54) is 6.33 Å². The van der Waals surface area contributed by atoms with Gasteiger partial charge in [0.15, 0.2) is 0 Å². The van der Waals surface area contributed by atoms with Gasteiger partial charge in [0.25, 0.3) is 10.0 Å². The number of likely N-dealkylation sites (tertiary alicyclic amines) is 1. The van der Waals surface area contributed by atoms with Gasteiger partial charge in [0.05, 0.1) is 0 Å². The lowest BCUT2D eigenvalue weighted by Crippen LogP contribution is -2.49. The fraction of sp³-hybridized carbons (Fsp3) is 0.455. The van der Waals surface area contributed by atoms with Crippen LogP contribution in [0.4, 0.5) is 13.9 Å². The predicted molar refractivity (Wildman–Crippen MR) is 121 cm³/mol. The molecule has 1 fully saturated rings. The van der Waals surface area contributed by atoms with Gasteiger partial charge < -0.3 is 0 Å². The molecule has 2 aliphatic rings. The second kappa shape index (κ2) is 8.99. The SMILES string of the molecule is C[C@H](c1cc(F)c(S(=O)(=O)Nc2ncns2)cc1F)N1CCCC[C@@H]1C1(C)C=CC=CC1. The van der Waals surface area contributed by atoms with Gasteiger partial charge in [-0.15, -0.1) is 0 Å². The lowest BCUT2D eigenvalue weighted by atomic mass is 9.72. The van der Waals surface area contributed by atoms with E-state index in [4.69, 9.17) is 0 Å². The van der Waals surface area contributed by atoms with E-state index in [-0.39, 0.29) is 22.2 Å². The fourth-order valence-electron chi connectivity index (χ4n) is 4.75. The molecule has 10 heteroatoms. The minimum atomic E-state index is -4.33. The van der Waals surface area contributed by atoms with E-state index in [0.717, 1.165) is 55.9 Å². The van der Waals surface area contributed by atoms with Crippen molar-refractivity contribution in [2.45, 2.75) is 56.5 Å². The van der Waals surface area contributed by atoms with E-state index < -0.39 is 32.6 Å². The molecule has 4 rings (SSSR count). The molecule has 0 bridgehead atoms. The highest BCUT2D eigenvalue weighted by Crippen LogP contribution is 2.42. The van der Waals surface area contributed by atoms with Crippen LogP contribution in [0.3, 0.4) is 0 Å². The number of sulfonamides is 1. The molecule has 1 saturated heterocycles. The molecule has 0 radical (unpaired) electrons. The molecule has 1 unspecified atom stereocenters. The Morgan fingerprint density at radius 1 is 1.25 bits per heavy atom. The summed E-state index contributed by atoms with van der Waals surface area (Å²) in [5.74, 6) is -1.74. The second-order valence-corrected chi connectivity index (χ2v) is 11.0. The van der Waals surface area contributed by atoms with Gasteiger partial charge in [-0.2, -0.15) is 4.37 Å². The molecular weight excluding hydrogens is 454 g/mol. The summed E-state index contributed by atoms with van der Waals surface area (Å²) in [6, 6.07) is 1.55. The number of aromatic nitrogens is 2. The molecule has 6 nitrogen and oxygen atoms in total.